The zero-order chi connectivity index (χ0) is 45.5. The van der Waals surface area contributed by atoms with Crippen molar-refractivity contribution in [2.45, 2.75) is 60.4 Å². The first kappa shape index (κ1) is 53.9. The van der Waals surface area contributed by atoms with Gasteiger partial charge in [0.1, 0.15) is 17.2 Å². The van der Waals surface area contributed by atoms with Crippen LogP contribution in [0.15, 0.2) is 108 Å². The van der Waals surface area contributed by atoms with E-state index in [2.05, 4.69) is 21.2 Å². The molecule has 63 heavy (non-hydrogen) atoms. The van der Waals surface area contributed by atoms with Crippen LogP contribution in [0.25, 0.3) is 11.3 Å². The van der Waals surface area contributed by atoms with Crippen molar-refractivity contribution in [3.05, 3.63) is 130 Å². The Hall–Kier alpha value is -5.24. The molecule has 10 nitrogen and oxygen atoms in total. The Balaban J connectivity index is 0.000000365. The molecule has 0 saturated heterocycles. The lowest BCUT2D eigenvalue weighted by Crippen LogP contribution is -2.22. The third kappa shape index (κ3) is 18.6. The van der Waals surface area contributed by atoms with Crippen LogP contribution in [0.5, 0.6) is 11.5 Å². The van der Waals surface area contributed by atoms with E-state index < -0.39 is 30.3 Å². The largest absolute Gasteiger partial charge is 0.497 e. The summed E-state index contributed by atoms with van der Waals surface area (Å²) in [5, 5.41) is 4.44. The van der Waals surface area contributed by atoms with Crippen LogP contribution in [0.3, 0.4) is 0 Å². The number of benzene rings is 4. The Kier molecular flexibility index (Phi) is 24.3. The summed E-state index contributed by atoms with van der Waals surface area (Å²) in [4.78, 5) is 8.06. The maximum Gasteiger partial charge on any atom is 0.441 e. The topological polar surface area (TPSA) is 119 Å². The second-order valence-corrected chi connectivity index (χ2v) is 13.2. The Bertz CT molecular complexity index is 2160. The highest BCUT2D eigenvalue weighted by atomic mass is 35.5. The smallest absolute Gasteiger partial charge is 0.441 e. The number of pyridine rings is 1. The summed E-state index contributed by atoms with van der Waals surface area (Å²) in [6, 6.07) is 29.0. The van der Waals surface area contributed by atoms with Gasteiger partial charge in [-0.25, -0.2) is 14.4 Å². The average Bonchev–Trinajstić information content (AvgIpc) is 3.27. The number of alkyl halides is 3. The molecule has 1 aromatic heterocycles. The summed E-state index contributed by atoms with van der Waals surface area (Å²) in [5.74, 6) is 5.06. The minimum atomic E-state index is -4.67. The molecule has 0 atom stereocenters. The van der Waals surface area contributed by atoms with Gasteiger partial charge in [0.05, 0.1) is 31.3 Å². The third-order valence-electron chi connectivity index (χ3n) is 8.02. The number of anilines is 2. The summed E-state index contributed by atoms with van der Waals surface area (Å²) in [7, 11) is 3.06. The Morgan fingerprint density at radius 2 is 1.24 bits per heavy atom. The Morgan fingerprint density at radius 1 is 0.746 bits per heavy atom. The molecule has 3 N–H and O–H groups in total. The number of ether oxygens (including phenoxy) is 6. The van der Waals surface area contributed by atoms with Gasteiger partial charge in [0, 0.05) is 54.3 Å². The first-order chi connectivity index (χ1) is 29.8. The second-order valence-electron chi connectivity index (χ2n) is 12.4. The van der Waals surface area contributed by atoms with Crippen LogP contribution in [0.2, 0.25) is 10.0 Å². The van der Waals surface area contributed by atoms with Crippen molar-refractivity contribution in [3.63, 3.8) is 0 Å². The number of aromatic nitrogens is 1. The predicted molar refractivity (Wildman–Crippen MR) is 244 cm³/mol. The highest BCUT2D eigenvalue weighted by Crippen LogP contribution is 2.33. The van der Waals surface area contributed by atoms with Gasteiger partial charge in [-0.3, -0.25) is 0 Å². The quantitative estimate of drug-likeness (QED) is 0.0432. The molecule has 0 unspecified atom stereocenters. The Morgan fingerprint density at radius 3 is 1.70 bits per heavy atom. The molecule has 340 valence electrons. The van der Waals surface area contributed by atoms with Crippen LogP contribution in [0.4, 0.5) is 34.6 Å². The number of halogens is 6. The Labute approximate surface area is 377 Å². The number of hydrogen-bond donors (Lipinski definition) is 2. The summed E-state index contributed by atoms with van der Waals surface area (Å²) >= 11 is 11.6. The molecule has 4 aromatic carbocycles. The number of rotatable bonds is 16. The molecule has 5 rings (SSSR count). The molecule has 0 aliphatic heterocycles. The first-order valence-electron chi connectivity index (χ1n) is 19.4. The first-order valence-corrected chi connectivity index (χ1v) is 20.1. The molecule has 0 aliphatic carbocycles. The van der Waals surface area contributed by atoms with E-state index in [9.17, 15) is 13.2 Å². The van der Waals surface area contributed by atoms with E-state index in [1.165, 1.54) is 31.4 Å². The van der Waals surface area contributed by atoms with Gasteiger partial charge in [0.2, 0.25) is 12.6 Å². The molecular weight excluding hydrogens is 863 g/mol. The lowest BCUT2D eigenvalue weighted by molar-refractivity contribution is -0.142. The lowest BCUT2D eigenvalue weighted by atomic mass is 10.1. The van der Waals surface area contributed by atoms with E-state index >= 15 is 4.39 Å². The zero-order valence-corrected chi connectivity index (χ0v) is 36.7. The summed E-state index contributed by atoms with van der Waals surface area (Å²) in [6.45, 7) is 9.12. The SMILES string of the molecule is C.CCOC(C#CC(=Nc1ccc(OC)cc1)C(F)(F)F)OCC.CCOC(OCC)c1cc(Nc2ccc(OC)cc2)c(F)c(-c2ccc(Cl)cc2)n1.NCc1ccc(Cl)cc1. The van der Waals surface area contributed by atoms with Gasteiger partial charge in [0.25, 0.3) is 0 Å². The number of nitrogens with one attached hydrogen (secondary N) is 1. The molecule has 16 heteroatoms. The van der Waals surface area contributed by atoms with Gasteiger partial charge in [-0.1, -0.05) is 54.9 Å². The fourth-order valence-electron chi connectivity index (χ4n) is 5.04. The monoisotopic (exact) mass is 916 g/mol. The number of aliphatic imine (C=N–C) groups is 1. The fraction of sp³-hybridized carbons (Fsp3) is 0.319. The number of methoxy groups -OCH3 is 2. The van der Waals surface area contributed by atoms with Crippen molar-refractivity contribution < 1.29 is 46.0 Å². The summed E-state index contributed by atoms with van der Waals surface area (Å²) in [6.07, 6.45) is -6.40. The van der Waals surface area contributed by atoms with E-state index in [1.807, 2.05) is 56.2 Å². The molecule has 5 aromatic rings. The zero-order valence-electron chi connectivity index (χ0n) is 35.2. The van der Waals surface area contributed by atoms with Crippen LogP contribution in [-0.4, -0.2) is 63.8 Å². The molecule has 0 radical (unpaired) electrons. The molecule has 0 bridgehead atoms. The lowest BCUT2D eigenvalue weighted by Gasteiger charge is -2.19. The molecule has 0 spiro atoms. The van der Waals surface area contributed by atoms with Crippen molar-refractivity contribution in [2.75, 3.05) is 46.0 Å². The summed E-state index contributed by atoms with van der Waals surface area (Å²) < 4.78 is 86.2. The van der Waals surface area contributed by atoms with Gasteiger partial charge in [-0.2, -0.15) is 13.2 Å². The molecule has 0 aliphatic rings. The van der Waals surface area contributed by atoms with Gasteiger partial charge in [0.15, 0.2) is 11.5 Å². The van der Waals surface area contributed by atoms with E-state index in [4.69, 9.17) is 57.4 Å². The maximum atomic E-state index is 15.4. The predicted octanol–water partition coefficient (Wildman–Crippen LogP) is 12.5. The molecule has 0 fully saturated rings. The van der Waals surface area contributed by atoms with Crippen molar-refractivity contribution in [2.24, 2.45) is 10.7 Å². The summed E-state index contributed by atoms with van der Waals surface area (Å²) in [5.41, 5.74) is 7.60. The van der Waals surface area contributed by atoms with Crippen molar-refractivity contribution in [3.8, 4) is 34.6 Å². The van der Waals surface area contributed by atoms with Crippen LogP contribution in [0.1, 0.15) is 52.7 Å². The fourth-order valence-corrected chi connectivity index (χ4v) is 5.29. The third-order valence-corrected chi connectivity index (χ3v) is 8.52. The van der Waals surface area contributed by atoms with Crippen molar-refractivity contribution in [1.29, 1.82) is 0 Å². The number of nitrogens with zero attached hydrogens (tertiary/aromatic N) is 2. The maximum absolute atomic E-state index is 15.4. The van der Waals surface area contributed by atoms with E-state index in [0.29, 0.717) is 53.2 Å². The van der Waals surface area contributed by atoms with Gasteiger partial charge >= 0.3 is 6.18 Å². The van der Waals surface area contributed by atoms with Crippen LogP contribution in [-0.2, 0) is 25.5 Å². The second kappa shape index (κ2) is 28.4. The molecular formula is C47H54Cl2F4N4O6. The minimum Gasteiger partial charge on any atom is -0.497 e. The van der Waals surface area contributed by atoms with Crippen molar-refractivity contribution >= 4 is 46.0 Å². The van der Waals surface area contributed by atoms with Gasteiger partial charge in [-0.05, 0) is 124 Å². The van der Waals surface area contributed by atoms with Crippen LogP contribution >= 0.6 is 23.2 Å². The standard InChI is InChI=1S/C23H24ClFN2O3.C16H18F3NO3.C7H8ClN.CH4/c1-4-29-23(30-5-2)20-14-19(26-17-10-12-18(28-3)13-11-17)21(25)22(27-20)15-6-8-16(24)9-7-15;1-4-22-15(23-5-2)11-10-14(16(17,18)19)20-12-6-8-13(21-3)9-7-12;8-7-3-1-6(5-9)2-4-7;/h6-14,23H,4-5H2,1-3H3,(H,26,27);6-9,15H,4-5H2,1-3H3;1-4H,5,9H2;1H4. The van der Waals surface area contributed by atoms with Crippen LogP contribution in [0, 0.1) is 17.7 Å². The highest BCUT2D eigenvalue weighted by Gasteiger charge is 2.35. The van der Waals surface area contributed by atoms with Gasteiger partial charge < -0.3 is 39.5 Å². The highest BCUT2D eigenvalue weighted by molar-refractivity contribution is 6.30. The van der Waals surface area contributed by atoms with E-state index in [0.717, 1.165) is 10.6 Å². The van der Waals surface area contributed by atoms with E-state index in [1.54, 1.807) is 63.4 Å². The average molecular weight is 918 g/mol. The molecule has 0 amide bonds. The van der Waals surface area contributed by atoms with Gasteiger partial charge in [-0.15, -0.1) is 0 Å². The molecule has 1 heterocycles. The van der Waals surface area contributed by atoms with E-state index in [-0.39, 0.29) is 37.7 Å². The normalized spacial score (nSPS) is 11.0. The number of hydrogen-bond acceptors (Lipinski definition) is 10. The molecule has 0 saturated carbocycles. The minimum absolute atomic E-state index is 0. The van der Waals surface area contributed by atoms with Crippen molar-refractivity contribution in [1.82, 2.24) is 4.98 Å². The number of nitrogens with two attached hydrogens (primary N) is 1. The van der Waals surface area contributed by atoms with Crippen LogP contribution < -0.4 is 20.5 Å².